The van der Waals surface area contributed by atoms with Gasteiger partial charge in [-0.2, -0.15) is 5.10 Å². The lowest BCUT2D eigenvalue weighted by atomic mass is 10.2. The van der Waals surface area contributed by atoms with Crippen LogP contribution in [0.1, 0.15) is 19.8 Å². The molecular formula is C11H18N4O3. The van der Waals surface area contributed by atoms with Crippen LogP contribution in [0.4, 0.5) is 4.79 Å². The molecule has 0 aliphatic rings. The highest BCUT2D eigenvalue weighted by atomic mass is 16.4. The Morgan fingerprint density at radius 1 is 1.50 bits per heavy atom. The highest BCUT2D eigenvalue weighted by Gasteiger charge is 2.16. The van der Waals surface area contributed by atoms with Gasteiger partial charge in [-0.3, -0.25) is 4.68 Å². The Morgan fingerprint density at radius 2 is 2.28 bits per heavy atom. The second kappa shape index (κ2) is 7.31. The number of aliphatic carboxylic acids is 1. The average Bonchev–Trinajstić information content (AvgIpc) is 2.84. The Hall–Kier alpha value is -2.05. The van der Waals surface area contributed by atoms with Gasteiger partial charge in [-0.15, -0.1) is 0 Å². The maximum Gasteiger partial charge on any atom is 0.326 e. The van der Waals surface area contributed by atoms with Gasteiger partial charge in [0.2, 0.25) is 0 Å². The third-order valence-corrected chi connectivity index (χ3v) is 2.42. The van der Waals surface area contributed by atoms with Gasteiger partial charge in [0, 0.05) is 25.5 Å². The number of rotatable bonds is 7. The molecule has 0 spiro atoms. The Kier molecular flexibility index (Phi) is 5.69. The fraction of sp³-hybridized carbons (Fsp3) is 0.545. The van der Waals surface area contributed by atoms with Crippen LogP contribution in [0.5, 0.6) is 0 Å². The zero-order valence-corrected chi connectivity index (χ0v) is 10.3. The van der Waals surface area contributed by atoms with E-state index in [-0.39, 0.29) is 0 Å². The van der Waals surface area contributed by atoms with Gasteiger partial charge in [-0.25, -0.2) is 9.59 Å². The summed E-state index contributed by atoms with van der Waals surface area (Å²) in [5.41, 5.74) is 0. The minimum absolute atomic E-state index is 0.357. The summed E-state index contributed by atoms with van der Waals surface area (Å²) < 4.78 is 1.77. The number of nitrogens with zero attached hydrogens (tertiary/aromatic N) is 2. The van der Waals surface area contributed by atoms with Gasteiger partial charge in [0.1, 0.15) is 6.04 Å². The molecule has 18 heavy (non-hydrogen) atoms. The van der Waals surface area contributed by atoms with Crippen LogP contribution in [0.25, 0.3) is 0 Å². The van der Waals surface area contributed by atoms with Crippen molar-refractivity contribution < 1.29 is 14.7 Å². The third-order valence-electron chi connectivity index (χ3n) is 2.42. The van der Waals surface area contributed by atoms with Crippen molar-refractivity contribution in [3.05, 3.63) is 18.5 Å². The van der Waals surface area contributed by atoms with Crippen LogP contribution < -0.4 is 10.6 Å². The zero-order chi connectivity index (χ0) is 13.4. The van der Waals surface area contributed by atoms with Crippen molar-refractivity contribution in [2.45, 2.75) is 32.4 Å². The maximum atomic E-state index is 11.4. The van der Waals surface area contributed by atoms with Crippen LogP contribution in [0, 0.1) is 0 Å². The van der Waals surface area contributed by atoms with E-state index in [2.05, 4.69) is 15.7 Å². The predicted molar refractivity (Wildman–Crippen MR) is 65.1 cm³/mol. The van der Waals surface area contributed by atoms with Crippen LogP contribution in [0.2, 0.25) is 0 Å². The van der Waals surface area contributed by atoms with E-state index >= 15 is 0 Å². The molecule has 1 atom stereocenters. The standard InChI is InChI=1S/C11H18N4O3/c1-2-9(10(16)17)14-11(18)12-5-3-7-15-8-4-6-13-15/h4,6,8-9H,2-3,5,7H2,1H3,(H,16,17)(H2,12,14,18). The number of aryl methyl sites for hydroxylation is 1. The number of carboxylic acids is 1. The van der Waals surface area contributed by atoms with Crippen LogP contribution in [-0.2, 0) is 11.3 Å². The first-order valence-corrected chi connectivity index (χ1v) is 5.88. The molecule has 0 radical (unpaired) electrons. The summed E-state index contributed by atoms with van der Waals surface area (Å²) in [6, 6.07) is 0.541. The van der Waals surface area contributed by atoms with Crippen molar-refractivity contribution in [2.24, 2.45) is 0 Å². The van der Waals surface area contributed by atoms with Gasteiger partial charge in [-0.05, 0) is 18.9 Å². The van der Waals surface area contributed by atoms with Gasteiger partial charge in [-0.1, -0.05) is 6.92 Å². The van der Waals surface area contributed by atoms with E-state index in [1.165, 1.54) is 0 Å². The summed E-state index contributed by atoms with van der Waals surface area (Å²) in [4.78, 5) is 22.1. The SMILES string of the molecule is CCC(NC(=O)NCCCn1cccn1)C(=O)O. The Bertz CT molecular complexity index is 378. The van der Waals surface area contributed by atoms with E-state index in [1.807, 2.05) is 12.3 Å². The molecule has 0 aliphatic heterocycles. The summed E-state index contributed by atoms with van der Waals surface area (Å²) in [6.45, 7) is 2.89. The maximum absolute atomic E-state index is 11.4. The molecule has 0 aromatic carbocycles. The molecule has 3 N–H and O–H groups in total. The fourth-order valence-electron chi connectivity index (χ4n) is 1.42. The lowest BCUT2D eigenvalue weighted by Crippen LogP contribution is -2.45. The molecule has 7 nitrogen and oxygen atoms in total. The minimum atomic E-state index is -1.02. The monoisotopic (exact) mass is 254 g/mol. The number of hydrogen-bond acceptors (Lipinski definition) is 3. The summed E-state index contributed by atoms with van der Waals surface area (Å²) in [5, 5.41) is 17.8. The smallest absolute Gasteiger partial charge is 0.326 e. The minimum Gasteiger partial charge on any atom is -0.480 e. The number of nitrogens with one attached hydrogen (secondary N) is 2. The average molecular weight is 254 g/mol. The number of carbonyl (C=O) groups excluding carboxylic acids is 1. The van der Waals surface area contributed by atoms with Crippen molar-refractivity contribution >= 4 is 12.0 Å². The van der Waals surface area contributed by atoms with Crippen molar-refractivity contribution in [1.29, 1.82) is 0 Å². The number of carboxylic acid groups (broad SMARTS) is 1. The first-order chi connectivity index (χ1) is 8.63. The molecule has 7 heteroatoms. The fourth-order valence-corrected chi connectivity index (χ4v) is 1.42. The normalized spacial score (nSPS) is 11.8. The quantitative estimate of drug-likeness (QED) is 0.615. The third kappa shape index (κ3) is 4.86. The van der Waals surface area contributed by atoms with E-state index in [9.17, 15) is 9.59 Å². The Labute approximate surface area is 105 Å². The van der Waals surface area contributed by atoms with E-state index in [4.69, 9.17) is 5.11 Å². The van der Waals surface area contributed by atoms with Gasteiger partial charge in [0.25, 0.3) is 0 Å². The Morgan fingerprint density at radius 3 is 2.83 bits per heavy atom. The first kappa shape index (κ1) is 14.0. The molecule has 1 rings (SSSR count). The molecule has 0 aliphatic carbocycles. The summed E-state index contributed by atoms with van der Waals surface area (Å²) in [7, 11) is 0. The summed E-state index contributed by atoms with van der Waals surface area (Å²) in [6.07, 6.45) is 4.63. The summed E-state index contributed by atoms with van der Waals surface area (Å²) >= 11 is 0. The van der Waals surface area contributed by atoms with Gasteiger partial charge < -0.3 is 15.7 Å². The van der Waals surface area contributed by atoms with Gasteiger partial charge in [0.05, 0.1) is 0 Å². The van der Waals surface area contributed by atoms with Crippen LogP contribution >= 0.6 is 0 Å². The molecule has 0 fully saturated rings. The highest BCUT2D eigenvalue weighted by Crippen LogP contribution is 1.91. The molecule has 0 saturated carbocycles. The molecular weight excluding hydrogens is 236 g/mol. The lowest BCUT2D eigenvalue weighted by Gasteiger charge is -2.13. The topological polar surface area (TPSA) is 96.3 Å². The summed E-state index contributed by atoms with van der Waals surface area (Å²) in [5.74, 6) is -1.02. The second-order valence-corrected chi connectivity index (χ2v) is 3.82. The molecule has 0 bridgehead atoms. The van der Waals surface area contributed by atoms with E-state index in [1.54, 1.807) is 17.8 Å². The van der Waals surface area contributed by atoms with Crippen molar-refractivity contribution in [1.82, 2.24) is 20.4 Å². The first-order valence-electron chi connectivity index (χ1n) is 5.88. The van der Waals surface area contributed by atoms with E-state index < -0.39 is 18.0 Å². The van der Waals surface area contributed by atoms with E-state index in [0.717, 1.165) is 6.42 Å². The number of aromatic nitrogens is 2. The molecule has 1 aromatic rings. The van der Waals surface area contributed by atoms with E-state index in [0.29, 0.717) is 19.5 Å². The molecule has 0 saturated heterocycles. The van der Waals surface area contributed by atoms with Crippen LogP contribution in [0.3, 0.4) is 0 Å². The number of hydrogen-bond donors (Lipinski definition) is 3. The predicted octanol–water partition coefficient (Wildman–Crippen LogP) is 0.436. The van der Waals surface area contributed by atoms with Crippen LogP contribution in [0.15, 0.2) is 18.5 Å². The lowest BCUT2D eigenvalue weighted by molar-refractivity contribution is -0.139. The van der Waals surface area contributed by atoms with Crippen molar-refractivity contribution in [3.8, 4) is 0 Å². The molecule has 100 valence electrons. The second-order valence-electron chi connectivity index (χ2n) is 3.82. The van der Waals surface area contributed by atoms with Crippen molar-refractivity contribution in [2.75, 3.05) is 6.54 Å². The van der Waals surface area contributed by atoms with Gasteiger partial charge in [0.15, 0.2) is 0 Å². The molecule has 1 aromatic heterocycles. The number of carbonyl (C=O) groups is 2. The number of amides is 2. The highest BCUT2D eigenvalue weighted by molar-refractivity contribution is 5.82. The molecule has 1 heterocycles. The van der Waals surface area contributed by atoms with Crippen LogP contribution in [-0.4, -0.2) is 39.5 Å². The molecule has 2 amide bonds. The zero-order valence-electron chi connectivity index (χ0n) is 10.3. The molecule has 1 unspecified atom stereocenters. The Balaban J connectivity index is 2.15. The number of urea groups is 1. The van der Waals surface area contributed by atoms with Crippen molar-refractivity contribution in [3.63, 3.8) is 0 Å². The van der Waals surface area contributed by atoms with Gasteiger partial charge >= 0.3 is 12.0 Å². The largest absolute Gasteiger partial charge is 0.480 e.